The second-order valence-electron chi connectivity index (χ2n) is 22.4. The van der Waals surface area contributed by atoms with E-state index in [1.165, 1.54) is 295 Å². The Balaban J connectivity index is 3.49. The number of hydrogen-bond donors (Lipinski definition) is 4. The number of carbonyl (C=O) groups excluding carboxylic acids is 1. The van der Waals surface area contributed by atoms with Gasteiger partial charge in [0, 0.05) is 0 Å². The summed E-state index contributed by atoms with van der Waals surface area (Å²) >= 11 is 0. The molecular weight excluding hydrogens is 871 g/mol. The number of hydrogen-bond acceptors (Lipinski definition) is 4. The quantitative estimate of drug-likeness (QED) is 0.0361. The zero-order valence-corrected chi connectivity index (χ0v) is 48.1. The maximum atomic E-state index is 12.5. The van der Waals surface area contributed by atoms with Crippen LogP contribution in [0.15, 0.2) is 36.5 Å². The van der Waals surface area contributed by atoms with Crippen molar-refractivity contribution in [3.63, 3.8) is 0 Å². The molecule has 0 spiro atoms. The van der Waals surface area contributed by atoms with Gasteiger partial charge in [-0.15, -0.1) is 0 Å². The maximum Gasteiger partial charge on any atom is 0.222 e. The number of carbonyl (C=O) groups is 1. The van der Waals surface area contributed by atoms with Gasteiger partial charge in [-0.25, -0.2) is 0 Å². The second kappa shape index (κ2) is 61.1. The Labute approximate surface area is 444 Å². The fourth-order valence-corrected chi connectivity index (χ4v) is 10.2. The highest BCUT2D eigenvalue weighted by atomic mass is 16.3. The van der Waals surface area contributed by atoms with E-state index in [0.29, 0.717) is 6.42 Å². The molecule has 0 aliphatic carbocycles. The van der Waals surface area contributed by atoms with Gasteiger partial charge in [-0.3, -0.25) is 4.79 Å². The Bertz CT molecular complexity index is 1100. The molecule has 3 atom stereocenters. The number of amides is 1. The third kappa shape index (κ3) is 57.7. The van der Waals surface area contributed by atoms with Gasteiger partial charge in [-0.2, -0.15) is 0 Å². The zero-order chi connectivity index (χ0) is 51.4. The largest absolute Gasteiger partial charge is 0.394 e. The highest BCUT2D eigenvalue weighted by Gasteiger charge is 2.20. The van der Waals surface area contributed by atoms with Crippen LogP contribution in [0.5, 0.6) is 0 Å². The van der Waals surface area contributed by atoms with Crippen molar-refractivity contribution in [1.29, 1.82) is 0 Å². The predicted molar refractivity (Wildman–Crippen MR) is 314 cm³/mol. The number of unbranched alkanes of at least 4 members (excludes halogenated alkanes) is 47. The predicted octanol–water partition coefficient (Wildman–Crippen LogP) is 20.6. The van der Waals surface area contributed by atoms with Gasteiger partial charge < -0.3 is 20.6 Å². The van der Waals surface area contributed by atoms with Gasteiger partial charge >= 0.3 is 0 Å². The van der Waals surface area contributed by atoms with E-state index >= 15 is 0 Å². The van der Waals surface area contributed by atoms with Crippen LogP contribution in [0, 0.1) is 0 Å². The number of nitrogens with one attached hydrogen (secondary N) is 1. The van der Waals surface area contributed by atoms with Gasteiger partial charge in [0.1, 0.15) is 0 Å². The molecule has 0 aromatic rings. The molecule has 5 nitrogen and oxygen atoms in total. The first-order chi connectivity index (χ1) is 35.0. The van der Waals surface area contributed by atoms with Crippen molar-refractivity contribution >= 4 is 5.91 Å². The normalized spacial score (nSPS) is 13.4. The Hall–Kier alpha value is -1.43. The van der Waals surface area contributed by atoms with E-state index in [1.807, 2.05) is 6.08 Å². The van der Waals surface area contributed by atoms with Gasteiger partial charge in [-0.1, -0.05) is 326 Å². The number of allylic oxidation sites excluding steroid dienone is 5. The first kappa shape index (κ1) is 69.6. The van der Waals surface area contributed by atoms with Crippen LogP contribution in [0.1, 0.15) is 354 Å². The lowest BCUT2D eigenvalue weighted by atomic mass is 10.0. The number of aliphatic hydroxyl groups excluding tert-OH is 3. The Morgan fingerprint density at radius 3 is 0.901 bits per heavy atom. The van der Waals surface area contributed by atoms with Crippen LogP contribution in [-0.4, -0.2) is 46.1 Å². The van der Waals surface area contributed by atoms with Crippen molar-refractivity contribution < 1.29 is 20.1 Å². The molecule has 71 heavy (non-hydrogen) atoms. The summed E-state index contributed by atoms with van der Waals surface area (Å²) < 4.78 is 0. The van der Waals surface area contributed by atoms with E-state index < -0.39 is 18.2 Å². The molecule has 5 heteroatoms. The molecule has 1 amide bonds. The van der Waals surface area contributed by atoms with Gasteiger partial charge in [0.25, 0.3) is 0 Å². The standard InChI is InChI=1S/C66H127NO4/c1-3-5-7-9-11-13-15-17-19-21-23-24-25-26-27-28-29-30-31-32-33-34-35-36-37-38-39-40-42-43-45-47-49-51-53-55-57-59-63(69)61-66(71)67-64(62-68)65(70)60-58-56-54-52-50-48-46-44-41-22-20-18-16-14-12-10-8-6-4-2/h32-33,50,52,58,60,63-65,68-70H,3-31,34-49,51,53-57,59,61-62H2,1-2H3,(H,67,71)/b33-32-,52-50+,60-58+. The molecular formula is C66H127NO4. The highest BCUT2D eigenvalue weighted by Crippen LogP contribution is 2.18. The molecule has 0 bridgehead atoms. The summed E-state index contributed by atoms with van der Waals surface area (Å²) in [6.45, 7) is 4.24. The molecule has 0 aromatic heterocycles. The molecule has 0 aromatic carbocycles. The van der Waals surface area contributed by atoms with Crippen molar-refractivity contribution in [2.24, 2.45) is 0 Å². The van der Waals surface area contributed by atoms with E-state index in [1.54, 1.807) is 6.08 Å². The van der Waals surface area contributed by atoms with E-state index in [2.05, 4.69) is 43.5 Å². The summed E-state index contributed by atoms with van der Waals surface area (Å²) in [5.41, 5.74) is 0. The molecule has 3 unspecified atom stereocenters. The van der Waals surface area contributed by atoms with E-state index in [-0.39, 0.29) is 18.9 Å². The van der Waals surface area contributed by atoms with Crippen LogP contribution < -0.4 is 5.32 Å². The Morgan fingerprint density at radius 2 is 0.606 bits per heavy atom. The molecule has 420 valence electrons. The minimum atomic E-state index is -0.952. The molecule has 0 heterocycles. The van der Waals surface area contributed by atoms with Gasteiger partial charge in [0.2, 0.25) is 5.91 Å². The molecule has 0 rings (SSSR count). The first-order valence-electron chi connectivity index (χ1n) is 32.3. The van der Waals surface area contributed by atoms with Crippen LogP contribution in [0.2, 0.25) is 0 Å². The van der Waals surface area contributed by atoms with Gasteiger partial charge in [0.05, 0.1) is 31.3 Å². The molecule has 0 fully saturated rings. The molecule has 0 radical (unpaired) electrons. The molecule has 0 saturated heterocycles. The Kier molecular flexibility index (Phi) is 59.9. The SMILES string of the molecule is CCCCCCCCCCCCCCC/C=C/CC/C=C/C(O)C(CO)NC(=O)CC(O)CCCCCCCCCCCCCCCCC/C=C\CCCCCCCCCCCCCCCCCCCC. The summed E-state index contributed by atoms with van der Waals surface area (Å²) in [7, 11) is 0. The van der Waals surface area contributed by atoms with Crippen LogP contribution in [-0.2, 0) is 4.79 Å². The van der Waals surface area contributed by atoms with Crippen LogP contribution >= 0.6 is 0 Å². The van der Waals surface area contributed by atoms with Crippen LogP contribution in [0.25, 0.3) is 0 Å². The van der Waals surface area contributed by atoms with Gasteiger partial charge in [0.15, 0.2) is 0 Å². The zero-order valence-electron chi connectivity index (χ0n) is 48.1. The highest BCUT2D eigenvalue weighted by molar-refractivity contribution is 5.76. The van der Waals surface area contributed by atoms with Crippen molar-refractivity contribution in [1.82, 2.24) is 5.32 Å². The molecule has 0 aliphatic heterocycles. The third-order valence-electron chi connectivity index (χ3n) is 15.1. The molecule has 0 saturated carbocycles. The molecule has 0 aliphatic rings. The van der Waals surface area contributed by atoms with E-state index in [0.717, 1.165) is 32.1 Å². The average molecular weight is 999 g/mol. The summed E-state index contributed by atoms with van der Waals surface area (Å²) in [5.74, 6) is -0.320. The lowest BCUT2D eigenvalue weighted by Gasteiger charge is -2.21. The smallest absolute Gasteiger partial charge is 0.222 e. The fraction of sp³-hybridized carbons (Fsp3) is 0.894. The van der Waals surface area contributed by atoms with Crippen molar-refractivity contribution in [3.8, 4) is 0 Å². The fourth-order valence-electron chi connectivity index (χ4n) is 10.2. The number of rotatable bonds is 60. The van der Waals surface area contributed by atoms with Crippen molar-refractivity contribution in [3.05, 3.63) is 36.5 Å². The summed E-state index contributed by atoms with van der Waals surface area (Å²) in [6, 6.07) is -0.761. The first-order valence-corrected chi connectivity index (χ1v) is 32.3. The monoisotopic (exact) mass is 998 g/mol. The van der Waals surface area contributed by atoms with Crippen molar-refractivity contribution in [2.75, 3.05) is 6.61 Å². The third-order valence-corrected chi connectivity index (χ3v) is 15.1. The maximum absolute atomic E-state index is 12.5. The van der Waals surface area contributed by atoms with E-state index in [9.17, 15) is 20.1 Å². The van der Waals surface area contributed by atoms with E-state index in [4.69, 9.17) is 0 Å². The molecule has 4 N–H and O–H groups in total. The summed E-state index contributed by atoms with van der Waals surface area (Å²) in [5, 5.41) is 33.5. The lowest BCUT2D eigenvalue weighted by Crippen LogP contribution is -2.45. The Morgan fingerprint density at radius 1 is 0.352 bits per heavy atom. The number of aliphatic hydroxyl groups is 3. The van der Waals surface area contributed by atoms with Crippen LogP contribution in [0.4, 0.5) is 0 Å². The minimum Gasteiger partial charge on any atom is -0.394 e. The van der Waals surface area contributed by atoms with Gasteiger partial charge in [-0.05, 0) is 57.8 Å². The topological polar surface area (TPSA) is 89.8 Å². The lowest BCUT2D eigenvalue weighted by molar-refractivity contribution is -0.124. The summed E-state index contributed by atoms with van der Waals surface area (Å²) in [4.78, 5) is 12.5. The second-order valence-corrected chi connectivity index (χ2v) is 22.4. The summed E-state index contributed by atoms with van der Waals surface area (Å²) in [6.07, 6.45) is 81.0. The van der Waals surface area contributed by atoms with Crippen molar-refractivity contribution in [2.45, 2.75) is 372 Å². The average Bonchev–Trinajstić information content (AvgIpc) is 3.37. The minimum absolute atomic E-state index is 0.00822. The van der Waals surface area contributed by atoms with Crippen LogP contribution in [0.3, 0.4) is 0 Å².